The highest BCUT2D eigenvalue weighted by Gasteiger charge is 2.05. The first kappa shape index (κ1) is 15.2. The van der Waals surface area contributed by atoms with E-state index in [9.17, 15) is 4.79 Å². The molecule has 0 fully saturated rings. The topological polar surface area (TPSA) is 58.4 Å². The van der Waals surface area contributed by atoms with Crippen LogP contribution in [0.3, 0.4) is 0 Å². The van der Waals surface area contributed by atoms with Crippen LogP contribution in [0.2, 0.25) is 5.02 Å². The summed E-state index contributed by atoms with van der Waals surface area (Å²) >= 11 is 6.15. The number of hydrogen-bond acceptors (Lipinski definition) is 3. The number of hydrogen-bond donors (Lipinski definition) is 2. The van der Waals surface area contributed by atoms with Crippen molar-refractivity contribution in [1.29, 1.82) is 0 Å². The first-order valence-electron chi connectivity index (χ1n) is 6.57. The number of nitrogens with two attached hydrogens (primary N) is 1. The second kappa shape index (κ2) is 6.50. The van der Waals surface area contributed by atoms with Crippen molar-refractivity contribution in [2.24, 2.45) is 5.73 Å². The number of halogens is 1. The molecule has 1 amide bonds. The highest BCUT2D eigenvalue weighted by Crippen LogP contribution is 2.20. The van der Waals surface area contributed by atoms with Crippen molar-refractivity contribution in [3.8, 4) is 0 Å². The molecular weight excluding hydrogens is 286 g/mol. The first-order chi connectivity index (χ1) is 9.97. The standard InChI is InChI=1S/C16H18ClN3O/c1-20(2)14-7-5-13(6-8-14)19-10-12-4-3-11(16(18)21)9-15(12)17/h3-9,19H,10H2,1-2H3,(H2,18,21). The third-order valence-corrected chi connectivity index (χ3v) is 3.56. The molecule has 110 valence electrons. The van der Waals surface area contributed by atoms with Gasteiger partial charge in [-0.15, -0.1) is 0 Å². The van der Waals surface area contributed by atoms with E-state index in [2.05, 4.69) is 5.32 Å². The molecule has 21 heavy (non-hydrogen) atoms. The Kier molecular flexibility index (Phi) is 4.70. The molecule has 0 atom stereocenters. The summed E-state index contributed by atoms with van der Waals surface area (Å²) in [5.41, 5.74) is 8.70. The van der Waals surface area contributed by atoms with E-state index < -0.39 is 5.91 Å². The van der Waals surface area contributed by atoms with Crippen molar-refractivity contribution in [2.75, 3.05) is 24.3 Å². The molecule has 0 heterocycles. The van der Waals surface area contributed by atoms with Gasteiger partial charge in [0.05, 0.1) is 0 Å². The Morgan fingerprint density at radius 3 is 2.38 bits per heavy atom. The molecule has 0 unspecified atom stereocenters. The zero-order chi connectivity index (χ0) is 15.4. The number of amides is 1. The van der Waals surface area contributed by atoms with Crippen molar-refractivity contribution >= 4 is 28.9 Å². The lowest BCUT2D eigenvalue weighted by Crippen LogP contribution is -2.11. The van der Waals surface area contributed by atoms with Gasteiger partial charge in [-0.2, -0.15) is 0 Å². The van der Waals surface area contributed by atoms with Crippen molar-refractivity contribution in [2.45, 2.75) is 6.54 Å². The van der Waals surface area contributed by atoms with Gasteiger partial charge in [0.2, 0.25) is 5.91 Å². The summed E-state index contributed by atoms with van der Waals surface area (Å²) in [5.74, 6) is -0.476. The first-order valence-corrected chi connectivity index (χ1v) is 6.94. The van der Waals surface area contributed by atoms with Crippen LogP contribution in [0.4, 0.5) is 11.4 Å². The number of carbonyl (C=O) groups is 1. The lowest BCUT2D eigenvalue weighted by molar-refractivity contribution is 0.100. The third-order valence-electron chi connectivity index (χ3n) is 3.20. The summed E-state index contributed by atoms with van der Waals surface area (Å²) in [4.78, 5) is 13.1. The number of carbonyl (C=O) groups excluding carboxylic acids is 1. The molecule has 0 bridgehead atoms. The van der Waals surface area contributed by atoms with Crippen molar-refractivity contribution in [3.05, 3.63) is 58.6 Å². The molecule has 0 aromatic heterocycles. The third kappa shape index (κ3) is 3.89. The van der Waals surface area contributed by atoms with E-state index in [-0.39, 0.29) is 0 Å². The van der Waals surface area contributed by atoms with E-state index in [1.54, 1.807) is 12.1 Å². The van der Waals surface area contributed by atoms with E-state index in [0.717, 1.165) is 16.9 Å². The smallest absolute Gasteiger partial charge is 0.248 e. The van der Waals surface area contributed by atoms with Crippen LogP contribution in [-0.2, 0) is 6.54 Å². The maximum absolute atomic E-state index is 11.1. The van der Waals surface area contributed by atoms with Crippen LogP contribution >= 0.6 is 11.6 Å². The van der Waals surface area contributed by atoms with Crippen LogP contribution < -0.4 is 16.0 Å². The number of benzene rings is 2. The number of anilines is 2. The maximum atomic E-state index is 11.1. The zero-order valence-electron chi connectivity index (χ0n) is 12.1. The second-order valence-electron chi connectivity index (χ2n) is 4.97. The summed E-state index contributed by atoms with van der Waals surface area (Å²) in [5, 5.41) is 3.83. The molecule has 0 aliphatic heterocycles. The Labute approximate surface area is 129 Å². The van der Waals surface area contributed by atoms with E-state index in [4.69, 9.17) is 17.3 Å². The van der Waals surface area contributed by atoms with Crippen molar-refractivity contribution in [1.82, 2.24) is 0 Å². The Morgan fingerprint density at radius 2 is 1.86 bits per heavy atom. The summed E-state index contributed by atoms with van der Waals surface area (Å²) in [6.07, 6.45) is 0. The normalized spacial score (nSPS) is 10.2. The van der Waals surface area contributed by atoms with Crippen LogP contribution in [0, 0.1) is 0 Å². The fourth-order valence-corrected chi connectivity index (χ4v) is 2.17. The molecule has 3 N–H and O–H groups in total. The van der Waals surface area contributed by atoms with Gasteiger partial charge in [0.25, 0.3) is 0 Å². The van der Waals surface area contributed by atoms with Crippen molar-refractivity contribution < 1.29 is 4.79 Å². The quantitative estimate of drug-likeness (QED) is 0.892. The van der Waals surface area contributed by atoms with Crippen LogP contribution in [0.5, 0.6) is 0 Å². The SMILES string of the molecule is CN(C)c1ccc(NCc2ccc(C(N)=O)cc2Cl)cc1. The van der Waals surface area contributed by atoms with Crippen molar-refractivity contribution in [3.63, 3.8) is 0 Å². The zero-order valence-corrected chi connectivity index (χ0v) is 12.8. The fourth-order valence-electron chi connectivity index (χ4n) is 1.92. The molecular formula is C16H18ClN3O. The Hall–Kier alpha value is -2.20. The minimum absolute atomic E-state index is 0.416. The lowest BCUT2D eigenvalue weighted by atomic mass is 10.1. The molecule has 2 aromatic carbocycles. The van der Waals surface area contributed by atoms with E-state index >= 15 is 0 Å². The Morgan fingerprint density at radius 1 is 1.19 bits per heavy atom. The second-order valence-corrected chi connectivity index (χ2v) is 5.37. The van der Waals surface area contributed by atoms with Gasteiger partial charge >= 0.3 is 0 Å². The van der Waals surface area contributed by atoms with Gasteiger partial charge in [-0.3, -0.25) is 4.79 Å². The van der Waals surface area contributed by atoms with E-state index in [1.165, 1.54) is 0 Å². The summed E-state index contributed by atoms with van der Waals surface area (Å²) in [7, 11) is 4.00. The van der Waals surface area contributed by atoms with Gasteiger partial charge < -0.3 is 16.0 Å². The van der Waals surface area contributed by atoms with Crippen LogP contribution in [0.1, 0.15) is 15.9 Å². The predicted octanol–water partition coefficient (Wildman–Crippen LogP) is 3.12. The largest absolute Gasteiger partial charge is 0.381 e. The van der Waals surface area contributed by atoms with Gasteiger partial charge in [0.15, 0.2) is 0 Å². The lowest BCUT2D eigenvalue weighted by Gasteiger charge is -2.14. The Balaban J connectivity index is 2.04. The summed E-state index contributed by atoms with van der Waals surface area (Å²) in [6.45, 7) is 0.583. The van der Waals surface area contributed by atoms with Gasteiger partial charge in [-0.1, -0.05) is 17.7 Å². The fraction of sp³-hybridized carbons (Fsp3) is 0.188. The summed E-state index contributed by atoms with van der Waals surface area (Å²) in [6, 6.07) is 13.2. The van der Waals surface area contributed by atoms with Gasteiger partial charge in [0.1, 0.15) is 0 Å². The van der Waals surface area contributed by atoms with Crippen LogP contribution in [-0.4, -0.2) is 20.0 Å². The van der Waals surface area contributed by atoms with Gasteiger partial charge in [-0.25, -0.2) is 0 Å². The maximum Gasteiger partial charge on any atom is 0.248 e. The highest BCUT2D eigenvalue weighted by molar-refractivity contribution is 6.31. The molecule has 0 saturated heterocycles. The molecule has 2 rings (SSSR count). The molecule has 4 nitrogen and oxygen atoms in total. The number of primary amides is 1. The highest BCUT2D eigenvalue weighted by atomic mass is 35.5. The molecule has 0 saturated carbocycles. The predicted molar refractivity (Wildman–Crippen MR) is 88.1 cm³/mol. The monoisotopic (exact) mass is 303 g/mol. The molecule has 5 heteroatoms. The molecule has 0 spiro atoms. The van der Waals surface area contributed by atoms with E-state index in [1.807, 2.05) is 49.3 Å². The van der Waals surface area contributed by atoms with Gasteiger partial charge in [-0.05, 0) is 42.0 Å². The molecule has 0 aliphatic carbocycles. The number of nitrogens with one attached hydrogen (secondary N) is 1. The average Bonchev–Trinajstić information content (AvgIpc) is 2.46. The van der Waals surface area contributed by atoms with Crippen LogP contribution in [0.25, 0.3) is 0 Å². The summed E-state index contributed by atoms with van der Waals surface area (Å²) < 4.78 is 0. The number of rotatable bonds is 5. The van der Waals surface area contributed by atoms with E-state index in [0.29, 0.717) is 17.1 Å². The van der Waals surface area contributed by atoms with Crippen LogP contribution in [0.15, 0.2) is 42.5 Å². The molecule has 0 radical (unpaired) electrons. The average molecular weight is 304 g/mol. The molecule has 0 aliphatic rings. The van der Waals surface area contributed by atoms with Gasteiger partial charge in [0, 0.05) is 42.6 Å². The molecule has 2 aromatic rings. The minimum Gasteiger partial charge on any atom is -0.381 e. The number of nitrogens with zero attached hydrogens (tertiary/aromatic N) is 1. The minimum atomic E-state index is -0.476. The Bertz CT molecular complexity index is 638.